The first-order valence-corrected chi connectivity index (χ1v) is 9.38. The van der Waals surface area contributed by atoms with Crippen LogP contribution in [-0.2, 0) is 9.53 Å². The largest absolute Gasteiger partial charge is 0.457 e. The number of para-hydroxylation sites is 1. The summed E-state index contributed by atoms with van der Waals surface area (Å²) in [4.78, 5) is 12.7. The smallest absolute Gasteiger partial charge is 0.426 e. The number of alkyl halides is 3. The molecular formula is C23H19ClF3NO3. The summed E-state index contributed by atoms with van der Waals surface area (Å²) in [7, 11) is 0. The van der Waals surface area contributed by atoms with Crippen molar-refractivity contribution in [2.75, 3.05) is 0 Å². The predicted octanol–water partition coefficient (Wildman–Crippen LogP) is 6.54. The maximum Gasteiger partial charge on any atom is 0.426 e. The molecule has 3 unspecified atom stereocenters. The number of carbonyl (C=O) groups excluding carboxylic acids is 1. The minimum absolute atomic E-state index is 0.00634. The third-order valence-electron chi connectivity index (χ3n) is 4.97. The highest BCUT2D eigenvalue weighted by atomic mass is 35.5. The van der Waals surface area contributed by atoms with Crippen LogP contribution in [0.4, 0.5) is 13.2 Å². The molecule has 0 aliphatic heterocycles. The molecular weight excluding hydrogens is 431 g/mol. The number of rotatable bonds is 6. The lowest BCUT2D eigenvalue weighted by molar-refractivity contribution is -0.149. The molecule has 0 amide bonds. The van der Waals surface area contributed by atoms with Gasteiger partial charge in [0.15, 0.2) is 0 Å². The molecule has 0 saturated heterocycles. The lowest BCUT2D eigenvalue weighted by Gasteiger charge is -2.13. The first-order valence-electron chi connectivity index (χ1n) is 11.5. The predicted molar refractivity (Wildman–Crippen MR) is 108 cm³/mol. The third-order valence-corrected chi connectivity index (χ3v) is 5.31. The monoisotopic (exact) mass is 454 g/mol. The second-order valence-corrected chi connectivity index (χ2v) is 7.82. The van der Waals surface area contributed by atoms with E-state index in [-0.39, 0.29) is 11.3 Å². The molecule has 0 radical (unpaired) electrons. The van der Waals surface area contributed by atoms with E-state index < -0.39 is 76.5 Å². The normalized spacial score (nSPS) is 23.3. The summed E-state index contributed by atoms with van der Waals surface area (Å²) in [5.41, 5.74) is -0.719. The van der Waals surface area contributed by atoms with Crippen molar-refractivity contribution in [3.63, 3.8) is 0 Å². The van der Waals surface area contributed by atoms with Gasteiger partial charge >= 0.3 is 12.1 Å². The van der Waals surface area contributed by atoms with Gasteiger partial charge in [0.2, 0.25) is 6.10 Å². The van der Waals surface area contributed by atoms with Crippen molar-refractivity contribution in [1.82, 2.24) is 0 Å². The summed E-state index contributed by atoms with van der Waals surface area (Å²) >= 11 is 5.31. The Balaban J connectivity index is 1.81. The van der Waals surface area contributed by atoms with E-state index in [1.54, 1.807) is 19.9 Å². The highest BCUT2D eigenvalue weighted by Crippen LogP contribution is 2.60. The molecule has 3 atom stereocenters. The van der Waals surface area contributed by atoms with Crippen LogP contribution < -0.4 is 4.74 Å². The number of nitriles is 1. The minimum Gasteiger partial charge on any atom is -0.457 e. The Kier molecular flexibility index (Phi) is 4.65. The Bertz CT molecular complexity index is 1260. The standard InChI is InChI=1S/C23H19ClF3NO3/c1-22(2)17(12-19(24)23(25,26)27)20(22)21(29)31-18(13-28)14-7-6-10-16(11-14)30-15-8-4-3-5-9-15/h3-12,17-18,20H,1-2H3/b19-12-/i3D,4D,5D,8D,9D. The number of carbonyl (C=O) groups is 1. The number of hydrogen-bond acceptors (Lipinski definition) is 4. The van der Waals surface area contributed by atoms with E-state index in [0.29, 0.717) is 0 Å². The number of esters is 1. The Labute approximate surface area is 189 Å². The lowest BCUT2D eigenvalue weighted by atomic mass is 10.1. The zero-order valence-corrected chi connectivity index (χ0v) is 17.1. The molecule has 0 spiro atoms. The van der Waals surface area contributed by atoms with Gasteiger partial charge in [-0.25, -0.2) is 0 Å². The van der Waals surface area contributed by atoms with Crippen molar-refractivity contribution >= 4 is 17.6 Å². The van der Waals surface area contributed by atoms with Crippen molar-refractivity contribution < 1.29 is 34.3 Å². The fourth-order valence-corrected chi connectivity index (χ4v) is 3.33. The summed E-state index contributed by atoms with van der Waals surface area (Å²) in [6, 6.07) is 4.47. The van der Waals surface area contributed by atoms with E-state index in [9.17, 15) is 23.2 Å². The summed E-state index contributed by atoms with van der Waals surface area (Å²) in [5.74, 6) is -3.09. The number of ether oxygens (including phenoxy) is 2. The second-order valence-electron chi connectivity index (χ2n) is 7.41. The van der Waals surface area contributed by atoms with Crippen molar-refractivity contribution in [1.29, 1.82) is 5.26 Å². The van der Waals surface area contributed by atoms with Gasteiger partial charge in [-0.05, 0) is 35.6 Å². The van der Waals surface area contributed by atoms with Crippen LogP contribution in [-0.4, -0.2) is 12.1 Å². The van der Waals surface area contributed by atoms with E-state index in [1.807, 2.05) is 0 Å². The molecule has 3 rings (SSSR count). The molecule has 162 valence electrons. The van der Waals surface area contributed by atoms with Gasteiger partial charge in [-0.15, -0.1) is 0 Å². The Morgan fingerprint density at radius 3 is 2.58 bits per heavy atom. The molecule has 1 aliphatic rings. The summed E-state index contributed by atoms with van der Waals surface area (Å²) < 4.78 is 88.1. The lowest BCUT2D eigenvalue weighted by Crippen LogP contribution is -2.14. The summed E-state index contributed by atoms with van der Waals surface area (Å²) in [6.07, 6.45) is -5.42. The van der Waals surface area contributed by atoms with Gasteiger partial charge in [0, 0.05) is 5.56 Å². The molecule has 4 nitrogen and oxygen atoms in total. The molecule has 0 N–H and O–H groups in total. The van der Waals surface area contributed by atoms with Crippen LogP contribution in [0.5, 0.6) is 11.5 Å². The van der Waals surface area contributed by atoms with E-state index in [1.165, 1.54) is 24.3 Å². The first kappa shape index (κ1) is 16.7. The van der Waals surface area contributed by atoms with Gasteiger partial charge in [0.25, 0.3) is 0 Å². The average molecular weight is 455 g/mol. The fourth-order valence-electron chi connectivity index (χ4n) is 3.20. The number of benzene rings is 2. The van der Waals surface area contributed by atoms with Crippen LogP contribution >= 0.6 is 11.6 Å². The fraction of sp³-hybridized carbons (Fsp3) is 0.304. The van der Waals surface area contributed by atoms with Crippen molar-refractivity contribution in [2.24, 2.45) is 17.3 Å². The second kappa shape index (κ2) is 8.64. The molecule has 8 heteroatoms. The average Bonchev–Trinajstić information content (AvgIpc) is 3.36. The van der Waals surface area contributed by atoms with Gasteiger partial charge in [-0.1, -0.05) is 61.8 Å². The molecule has 0 heterocycles. The summed E-state index contributed by atoms with van der Waals surface area (Å²) in [5, 5.41) is 8.23. The molecule has 2 aromatic rings. The maximum atomic E-state index is 12.8. The number of halogens is 4. The molecule has 0 aromatic heterocycles. The van der Waals surface area contributed by atoms with Crippen LogP contribution in [0.15, 0.2) is 65.6 Å². The first-order chi connectivity index (χ1) is 16.6. The van der Waals surface area contributed by atoms with E-state index in [4.69, 9.17) is 27.9 Å². The van der Waals surface area contributed by atoms with Gasteiger partial charge in [0.1, 0.15) is 22.6 Å². The van der Waals surface area contributed by atoms with Crippen LogP contribution in [0.3, 0.4) is 0 Å². The van der Waals surface area contributed by atoms with Crippen molar-refractivity contribution in [3.05, 3.63) is 71.1 Å². The zero-order chi connectivity index (χ0) is 27.2. The third kappa shape index (κ3) is 5.20. The highest BCUT2D eigenvalue weighted by molar-refractivity contribution is 6.30. The molecule has 1 aliphatic carbocycles. The topological polar surface area (TPSA) is 59.3 Å². The number of nitrogens with zero attached hydrogens (tertiary/aromatic N) is 1. The minimum atomic E-state index is -4.75. The van der Waals surface area contributed by atoms with E-state index in [2.05, 4.69) is 0 Å². The number of hydrogen-bond donors (Lipinski definition) is 0. The SMILES string of the molecule is [2H]c1c([2H])c([2H])c(Oc2cccc(C(C#N)OC(=O)C3C(/C=C(\Cl)C(F)(F)F)C3(C)C)c2)c([2H])c1[2H]. The quantitative estimate of drug-likeness (QED) is 0.465. The van der Waals surface area contributed by atoms with Crippen LogP contribution in [0.1, 0.15) is 32.4 Å². The van der Waals surface area contributed by atoms with Gasteiger partial charge < -0.3 is 9.47 Å². The Morgan fingerprint density at radius 1 is 1.29 bits per heavy atom. The van der Waals surface area contributed by atoms with E-state index in [0.717, 1.165) is 6.08 Å². The molecule has 1 saturated carbocycles. The molecule has 0 bridgehead atoms. The molecule has 2 aromatic carbocycles. The van der Waals surface area contributed by atoms with Crippen LogP contribution in [0.2, 0.25) is 0 Å². The maximum absolute atomic E-state index is 12.8. The summed E-state index contributed by atoms with van der Waals surface area (Å²) in [6.45, 7) is 3.16. The zero-order valence-electron chi connectivity index (χ0n) is 21.3. The van der Waals surface area contributed by atoms with E-state index >= 15 is 0 Å². The molecule has 1 fully saturated rings. The highest BCUT2D eigenvalue weighted by Gasteiger charge is 2.62. The van der Waals surface area contributed by atoms with Crippen LogP contribution in [0, 0.1) is 28.6 Å². The van der Waals surface area contributed by atoms with Gasteiger partial charge in [-0.2, -0.15) is 18.4 Å². The van der Waals surface area contributed by atoms with Crippen molar-refractivity contribution in [2.45, 2.75) is 26.1 Å². The Hall–Kier alpha value is -2.98. The van der Waals surface area contributed by atoms with Gasteiger partial charge in [0.05, 0.1) is 12.8 Å². The number of allylic oxidation sites excluding steroid dienone is 2. The van der Waals surface area contributed by atoms with Crippen LogP contribution in [0.25, 0.3) is 0 Å². The van der Waals surface area contributed by atoms with Crippen molar-refractivity contribution in [3.8, 4) is 17.6 Å². The molecule has 31 heavy (non-hydrogen) atoms. The van der Waals surface area contributed by atoms with Gasteiger partial charge in [-0.3, -0.25) is 4.79 Å². The Morgan fingerprint density at radius 2 is 1.97 bits per heavy atom.